The maximum Gasteiger partial charge on any atom is 0.323 e. The predicted octanol–water partition coefficient (Wildman–Crippen LogP) is 4.58. The van der Waals surface area contributed by atoms with E-state index in [1.54, 1.807) is 29.2 Å². The van der Waals surface area contributed by atoms with Crippen LogP contribution in [0.4, 0.5) is 21.9 Å². The van der Waals surface area contributed by atoms with Crippen molar-refractivity contribution in [3.63, 3.8) is 0 Å². The molecule has 3 amide bonds. The Morgan fingerprint density at radius 1 is 1.25 bits per heavy atom. The fourth-order valence-corrected chi connectivity index (χ4v) is 3.03. The molecule has 28 heavy (non-hydrogen) atoms. The van der Waals surface area contributed by atoms with Gasteiger partial charge in [0.25, 0.3) is 0 Å². The van der Waals surface area contributed by atoms with Crippen molar-refractivity contribution in [2.24, 2.45) is 5.41 Å². The van der Waals surface area contributed by atoms with Crippen LogP contribution in [0.5, 0.6) is 5.75 Å². The standard InChI is InChI=1S/C22H25N3O3/c1-5-12-25-18-13-16(10-11-19(18)28-14-22(3,4)20(25)26)23-21(27)24-17-9-7-6-8-15(17)2/h5-11,13H,1,12,14H2,2-4H3,(H2,23,24,27). The van der Waals surface area contributed by atoms with Crippen molar-refractivity contribution in [1.29, 1.82) is 0 Å². The Morgan fingerprint density at radius 3 is 2.71 bits per heavy atom. The van der Waals surface area contributed by atoms with Gasteiger partial charge in [0.1, 0.15) is 12.4 Å². The summed E-state index contributed by atoms with van der Waals surface area (Å²) in [5, 5.41) is 5.65. The van der Waals surface area contributed by atoms with Gasteiger partial charge in [0.05, 0.1) is 11.1 Å². The van der Waals surface area contributed by atoms with E-state index in [-0.39, 0.29) is 18.5 Å². The summed E-state index contributed by atoms with van der Waals surface area (Å²) in [6.45, 7) is 10.0. The highest BCUT2D eigenvalue weighted by Gasteiger charge is 2.37. The van der Waals surface area contributed by atoms with Crippen molar-refractivity contribution in [2.75, 3.05) is 28.7 Å². The molecule has 146 valence electrons. The van der Waals surface area contributed by atoms with Crippen molar-refractivity contribution >= 4 is 29.0 Å². The molecule has 6 heteroatoms. The maximum absolute atomic E-state index is 12.9. The van der Waals surface area contributed by atoms with Crippen LogP contribution >= 0.6 is 0 Å². The average Bonchev–Trinajstić information content (AvgIpc) is 2.74. The zero-order chi connectivity index (χ0) is 20.3. The van der Waals surface area contributed by atoms with E-state index in [2.05, 4.69) is 17.2 Å². The van der Waals surface area contributed by atoms with Crippen molar-refractivity contribution in [1.82, 2.24) is 0 Å². The summed E-state index contributed by atoms with van der Waals surface area (Å²) in [6, 6.07) is 12.5. The van der Waals surface area contributed by atoms with Gasteiger partial charge in [-0.3, -0.25) is 4.79 Å². The van der Waals surface area contributed by atoms with Crippen LogP contribution in [0.3, 0.4) is 0 Å². The quantitative estimate of drug-likeness (QED) is 0.764. The number of carbonyl (C=O) groups excluding carboxylic acids is 2. The summed E-state index contributed by atoms with van der Waals surface area (Å²) in [5.41, 5.74) is 2.23. The van der Waals surface area contributed by atoms with Crippen molar-refractivity contribution < 1.29 is 14.3 Å². The number of nitrogens with zero attached hydrogens (tertiary/aromatic N) is 1. The van der Waals surface area contributed by atoms with Crippen LogP contribution in [-0.4, -0.2) is 25.1 Å². The second kappa shape index (κ2) is 7.76. The molecule has 1 heterocycles. The second-order valence-corrected chi connectivity index (χ2v) is 7.45. The molecule has 0 radical (unpaired) electrons. The van der Waals surface area contributed by atoms with E-state index in [1.165, 1.54) is 0 Å². The number of urea groups is 1. The van der Waals surface area contributed by atoms with E-state index >= 15 is 0 Å². The largest absolute Gasteiger partial charge is 0.490 e. The highest BCUT2D eigenvalue weighted by molar-refractivity contribution is 6.03. The molecule has 2 N–H and O–H groups in total. The Balaban J connectivity index is 1.85. The molecule has 1 aliphatic rings. The molecule has 0 spiro atoms. The molecule has 6 nitrogen and oxygen atoms in total. The van der Waals surface area contributed by atoms with Crippen molar-refractivity contribution in [3.05, 3.63) is 60.7 Å². The highest BCUT2D eigenvalue weighted by Crippen LogP contribution is 2.38. The van der Waals surface area contributed by atoms with E-state index in [4.69, 9.17) is 4.74 Å². The van der Waals surface area contributed by atoms with Gasteiger partial charge in [-0.05, 0) is 50.6 Å². The Hall–Kier alpha value is -3.28. The van der Waals surface area contributed by atoms with Gasteiger partial charge >= 0.3 is 6.03 Å². The van der Waals surface area contributed by atoms with Crippen LogP contribution in [-0.2, 0) is 4.79 Å². The third kappa shape index (κ3) is 4.01. The smallest absolute Gasteiger partial charge is 0.323 e. The van der Waals surface area contributed by atoms with Crippen LogP contribution in [0.25, 0.3) is 0 Å². The van der Waals surface area contributed by atoms with Crippen LogP contribution < -0.4 is 20.3 Å². The summed E-state index contributed by atoms with van der Waals surface area (Å²) < 4.78 is 5.86. The van der Waals surface area contributed by atoms with Crippen molar-refractivity contribution in [2.45, 2.75) is 20.8 Å². The average molecular weight is 379 g/mol. The molecule has 0 atom stereocenters. The topological polar surface area (TPSA) is 70.7 Å². The summed E-state index contributed by atoms with van der Waals surface area (Å²) in [5.74, 6) is 0.554. The number of rotatable bonds is 4. The van der Waals surface area contributed by atoms with Gasteiger partial charge in [-0.2, -0.15) is 0 Å². The summed E-state index contributed by atoms with van der Waals surface area (Å²) >= 11 is 0. The zero-order valence-electron chi connectivity index (χ0n) is 16.4. The van der Waals surface area contributed by atoms with Gasteiger partial charge < -0.3 is 20.3 Å². The van der Waals surface area contributed by atoms with Gasteiger partial charge in [0.2, 0.25) is 5.91 Å². The molecule has 0 saturated heterocycles. The van der Waals surface area contributed by atoms with Gasteiger partial charge in [0.15, 0.2) is 0 Å². The normalized spacial score (nSPS) is 15.1. The summed E-state index contributed by atoms with van der Waals surface area (Å²) in [7, 11) is 0. The SMILES string of the molecule is C=CCN1C(=O)C(C)(C)COc2ccc(NC(=O)Nc3ccccc3C)cc21. The molecule has 0 bridgehead atoms. The molecule has 0 aliphatic carbocycles. The molecule has 0 aromatic heterocycles. The lowest BCUT2D eigenvalue weighted by Crippen LogP contribution is -2.42. The van der Waals surface area contributed by atoms with Crippen molar-refractivity contribution in [3.8, 4) is 5.75 Å². The Bertz CT molecular complexity index is 921. The number of aryl methyl sites for hydroxylation is 1. The summed E-state index contributed by atoms with van der Waals surface area (Å²) in [6.07, 6.45) is 1.67. The Morgan fingerprint density at radius 2 is 2.00 bits per heavy atom. The molecular formula is C22H25N3O3. The molecule has 2 aromatic carbocycles. The van der Waals surface area contributed by atoms with Crippen LogP contribution in [0.1, 0.15) is 19.4 Å². The third-order valence-corrected chi connectivity index (χ3v) is 4.63. The van der Waals surface area contributed by atoms with Crippen LogP contribution in [0.2, 0.25) is 0 Å². The number of hydrogen-bond donors (Lipinski definition) is 2. The molecule has 2 aromatic rings. The number of para-hydroxylation sites is 1. The molecule has 3 rings (SSSR count). The first-order valence-electron chi connectivity index (χ1n) is 9.15. The van der Waals surface area contributed by atoms with E-state index < -0.39 is 5.41 Å². The number of nitrogens with one attached hydrogen (secondary N) is 2. The predicted molar refractivity (Wildman–Crippen MR) is 112 cm³/mol. The molecule has 0 fully saturated rings. The number of ether oxygens (including phenoxy) is 1. The monoisotopic (exact) mass is 379 g/mol. The minimum absolute atomic E-state index is 0.0485. The highest BCUT2D eigenvalue weighted by atomic mass is 16.5. The molecular weight excluding hydrogens is 354 g/mol. The fourth-order valence-electron chi connectivity index (χ4n) is 3.03. The Kier molecular flexibility index (Phi) is 5.40. The molecule has 0 unspecified atom stereocenters. The number of amides is 3. The zero-order valence-corrected chi connectivity index (χ0v) is 16.4. The lowest BCUT2D eigenvalue weighted by Gasteiger charge is -2.27. The summed E-state index contributed by atoms with van der Waals surface area (Å²) in [4.78, 5) is 27.0. The minimum atomic E-state index is -0.655. The fraction of sp³-hybridized carbons (Fsp3) is 0.273. The Labute approximate surface area is 165 Å². The first kappa shape index (κ1) is 19.5. The van der Waals surface area contributed by atoms with Crippen LogP contribution in [0.15, 0.2) is 55.1 Å². The number of hydrogen-bond acceptors (Lipinski definition) is 3. The maximum atomic E-state index is 12.9. The van der Waals surface area contributed by atoms with Crippen LogP contribution in [0, 0.1) is 12.3 Å². The number of carbonyl (C=O) groups is 2. The van der Waals surface area contributed by atoms with E-state index in [9.17, 15) is 9.59 Å². The van der Waals surface area contributed by atoms with Gasteiger partial charge in [-0.15, -0.1) is 6.58 Å². The van der Waals surface area contributed by atoms with Gasteiger partial charge in [0, 0.05) is 17.9 Å². The number of fused-ring (bicyclic) bond motifs is 1. The molecule has 0 saturated carbocycles. The van der Waals surface area contributed by atoms with E-state index in [0.29, 0.717) is 23.7 Å². The van der Waals surface area contributed by atoms with E-state index in [1.807, 2.05) is 45.0 Å². The molecule has 1 aliphatic heterocycles. The first-order chi connectivity index (χ1) is 13.3. The lowest BCUT2D eigenvalue weighted by atomic mass is 9.93. The first-order valence-corrected chi connectivity index (χ1v) is 9.15. The van der Waals surface area contributed by atoms with E-state index in [0.717, 1.165) is 11.3 Å². The third-order valence-electron chi connectivity index (χ3n) is 4.63. The van der Waals surface area contributed by atoms with Gasteiger partial charge in [-0.25, -0.2) is 4.79 Å². The number of benzene rings is 2. The van der Waals surface area contributed by atoms with Gasteiger partial charge in [-0.1, -0.05) is 24.3 Å². The minimum Gasteiger partial charge on any atom is -0.490 e. The number of anilines is 3. The second-order valence-electron chi connectivity index (χ2n) is 7.45. The lowest BCUT2D eigenvalue weighted by molar-refractivity contribution is -0.127.